The number of piperidine rings is 1. The van der Waals surface area contributed by atoms with Crippen LogP contribution in [0.5, 0.6) is 0 Å². The summed E-state index contributed by atoms with van der Waals surface area (Å²) in [5, 5.41) is 0.655. The molecule has 1 rings (SSSR count). The van der Waals surface area contributed by atoms with E-state index >= 15 is 0 Å². The predicted molar refractivity (Wildman–Crippen MR) is 53.0 cm³/mol. The predicted octanol–water partition coefficient (Wildman–Crippen LogP) is 1.65. The van der Waals surface area contributed by atoms with Crippen LogP contribution in [0.2, 0.25) is 0 Å². The van der Waals surface area contributed by atoms with E-state index in [-0.39, 0.29) is 19.0 Å². The molecule has 1 aliphatic rings. The molecule has 0 amide bonds. The Morgan fingerprint density at radius 2 is 2.14 bits per heavy atom. The normalized spacial score (nSPS) is 25.6. The van der Waals surface area contributed by atoms with Crippen LogP contribution in [0.3, 0.4) is 0 Å². The fraction of sp³-hybridized carbons (Fsp3) is 1.00. The molecule has 0 N–H and O–H groups in total. The van der Waals surface area contributed by atoms with Crippen molar-refractivity contribution in [3.63, 3.8) is 0 Å². The molecule has 14 heavy (non-hydrogen) atoms. The minimum atomic E-state index is -4.36. The molecular formula is C7H12BrF2NO2S. The zero-order chi connectivity index (χ0) is 10.8. The highest BCUT2D eigenvalue weighted by atomic mass is 79.9. The Morgan fingerprint density at radius 3 is 2.64 bits per heavy atom. The second-order valence-electron chi connectivity index (χ2n) is 3.33. The van der Waals surface area contributed by atoms with Crippen molar-refractivity contribution in [1.29, 1.82) is 0 Å². The van der Waals surface area contributed by atoms with E-state index < -0.39 is 15.8 Å². The van der Waals surface area contributed by atoms with Crippen LogP contribution in [0.1, 0.15) is 12.8 Å². The molecule has 0 aromatic carbocycles. The van der Waals surface area contributed by atoms with Crippen molar-refractivity contribution < 1.29 is 17.2 Å². The second-order valence-corrected chi connectivity index (χ2v) is 5.88. The first kappa shape index (κ1) is 12.3. The van der Waals surface area contributed by atoms with Crippen LogP contribution in [-0.2, 0) is 10.0 Å². The number of alkyl halides is 3. The molecule has 3 nitrogen and oxygen atoms in total. The summed E-state index contributed by atoms with van der Waals surface area (Å²) in [5.41, 5.74) is 0. The standard InChI is InChI=1S/C7H12BrF2NO2S/c8-4-6-2-1-3-11(5-6)14(12,13)7(9)10/h6-7H,1-5H2. The molecular weight excluding hydrogens is 280 g/mol. The summed E-state index contributed by atoms with van der Waals surface area (Å²) in [4.78, 5) is 0. The third-order valence-corrected chi connectivity index (χ3v) is 4.70. The first-order chi connectivity index (χ1) is 6.48. The van der Waals surface area contributed by atoms with Crippen molar-refractivity contribution >= 4 is 26.0 Å². The lowest BCUT2D eigenvalue weighted by Crippen LogP contribution is -2.42. The van der Waals surface area contributed by atoms with Crippen molar-refractivity contribution in [2.24, 2.45) is 5.92 Å². The van der Waals surface area contributed by atoms with Gasteiger partial charge < -0.3 is 0 Å². The molecule has 0 radical (unpaired) electrons. The molecule has 0 bridgehead atoms. The van der Waals surface area contributed by atoms with E-state index in [9.17, 15) is 17.2 Å². The smallest absolute Gasteiger partial charge is 0.206 e. The third-order valence-electron chi connectivity index (χ3n) is 2.28. The zero-order valence-corrected chi connectivity index (χ0v) is 9.90. The average molecular weight is 292 g/mol. The van der Waals surface area contributed by atoms with E-state index in [2.05, 4.69) is 15.9 Å². The summed E-state index contributed by atoms with van der Waals surface area (Å²) in [7, 11) is -4.36. The fourth-order valence-corrected chi connectivity index (χ4v) is 3.05. The maximum absolute atomic E-state index is 12.2. The fourth-order valence-electron chi connectivity index (χ4n) is 1.50. The molecule has 0 saturated carbocycles. The summed E-state index contributed by atoms with van der Waals surface area (Å²) in [6, 6.07) is 0. The number of hydrogen-bond acceptors (Lipinski definition) is 2. The number of nitrogens with zero attached hydrogens (tertiary/aromatic N) is 1. The molecule has 7 heteroatoms. The number of sulfonamides is 1. The van der Waals surface area contributed by atoms with Gasteiger partial charge in [0.15, 0.2) is 0 Å². The number of rotatable bonds is 3. The molecule has 1 fully saturated rings. The molecule has 0 spiro atoms. The molecule has 0 aromatic rings. The monoisotopic (exact) mass is 291 g/mol. The van der Waals surface area contributed by atoms with Gasteiger partial charge in [0.2, 0.25) is 0 Å². The Morgan fingerprint density at radius 1 is 1.50 bits per heavy atom. The van der Waals surface area contributed by atoms with Gasteiger partial charge in [-0.25, -0.2) is 8.42 Å². The SMILES string of the molecule is O=S(=O)(C(F)F)N1CCCC(CBr)C1. The van der Waals surface area contributed by atoms with Gasteiger partial charge in [-0.2, -0.15) is 13.1 Å². The lowest BCUT2D eigenvalue weighted by molar-refractivity contribution is 0.205. The van der Waals surface area contributed by atoms with Gasteiger partial charge in [0.05, 0.1) is 0 Å². The first-order valence-corrected chi connectivity index (χ1v) is 6.94. The zero-order valence-electron chi connectivity index (χ0n) is 7.50. The molecule has 1 atom stereocenters. The van der Waals surface area contributed by atoms with Gasteiger partial charge in [-0.1, -0.05) is 15.9 Å². The number of hydrogen-bond donors (Lipinski definition) is 0. The van der Waals surface area contributed by atoms with Crippen molar-refractivity contribution in [1.82, 2.24) is 4.31 Å². The van der Waals surface area contributed by atoms with Crippen LogP contribution < -0.4 is 0 Å². The average Bonchev–Trinajstić information content (AvgIpc) is 2.17. The van der Waals surface area contributed by atoms with Crippen LogP contribution in [0, 0.1) is 5.92 Å². The van der Waals surface area contributed by atoms with Crippen molar-refractivity contribution in [2.45, 2.75) is 18.6 Å². The number of halogens is 3. The Hall–Kier alpha value is 0.250. The van der Waals surface area contributed by atoms with Gasteiger partial charge in [0.25, 0.3) is 10.0 Å². The maximum Gasteiger partial charge on any atom is 0.350 e. The highest BCUT2D eigenvalue weighted by Crippen LogP contribution is 2.23. The second kappa shape index (κ2) is 4.85. The van der Waals surface area contributed by atoms with Crippen molar-refractivity contribution in [2.75, 3.05) is 18.4 Å². The minimum absolute atomic E-state index is 0.150. The highest BCUT2D eigenvalue weighted by Gasteiger charge is 2.34. The summed E-state index contributed by atoms with van der Waals surface area (Å²) in [6.45, 7) is 0.425. The van der Waals surface area contributed by atoms with Gasteiger partial charge in [0, 0.05) is 18.4 Å². The quantitative estimate of drug-likeness (QED) is 0.742. The first-order valence-electron chi connectivity index (χ1n) is 4.31. The lowest BCUT2D eigenvalue weighted by Gasteiger charge is -2.30. The van der Waals surface area contributed by atoms with Crippen molar-refractivity contribution in [3.05, 3.63) is 0 Å². The van der Waals surface area contributed by atoms with E-state index in [1.165, 1.54) is 0 Å². The van der Waals surface area contributed by atoms with E-state index in [0.29, 0.717) is 11.8 Å². The molecule has 1 aliphatic heterocycles. The molecule has 1 unspecified atom stereocenters. The van der Waals surface area contributed by atoms with E-state index in [0.717, 1.165) is 10.7 Å². The van der Waals surface area contributed by atoms with Crippen LogP contribution in [0.4, 0.5) is 8.78 Å². The Balaban J connectivity index is 2.69. The summed E-state index contributed by atoms with van der Waals surface area (Å²) < 4.78 is 47.5. The van der Waals surface area contributed by atoms with E-state index in [1.54, 1.807) is 0 Å². The molecule has 0 aromatic heterocycles. The highest BCUT2D eigenvalue weighted by molar-refractivity contribution is 9.09. The Kier molecular flexibility index (Phi) is 4.27. The summed E-state index contributed by atoms with van der Waals surface area (Å²) >= 11 is 3.23. The van der Waals surface area contributed by atoms with Gasteiger partial charge in [-0.15, -0.1) is 0 Å². The minimum Gasteiger partial charge on any atom is -0.206 e. The van der Waals surface area contributed by atoms with Gasteiger partial charge in [-0.3, -0.25) is 0 Å². The Labute approximate surface area is 90.6 Å². The van der Waals surface area contributed by atoms with Gasteiger partial charge >= 0.3 is 5.76 Å². The lowest BCUT2D eigenvalue weighted by atomic mass is 10.0. The van der Waals surface area contributed by atoms with Crippen molar-refractivity contribution in [3.8, 4) is 0 Å². The Bertz CT molecular complexity index is 283. The van der Waals surface area contributed by atoms with Gasteiger partial charge in [0.1, 0.15) is 0 Å². The van der Waals surface area contributed by atoms with Gasteiger partial charge in [-0.05, 0) is 18.8 Å². The maximum atomic E-state index is 12.2. The van der Waals surface area contributed by atoms with Crippen LogP contribution in [-0.4, -0.2) is 36.9 Å². The molecule has 1 heterocycles. The third kappa shape index (κ3) is 2.64. The van der Waals surface area contributed by atoms with E-state index in [4.69, 9.17) is 0 Å². The molecule has 1 saturated heterocycles. The topological polar surface area (TPSA) is 37.4 Å². The summed E-state index contributed by atoms with van der Waals surface area (Å²) in [6.07, 6.45) is 1.54. The summed E-state index contributed by atoms with van der Waals surface area (Å²) in [5.74, 6) is -3.14. The molecule has 0 aliphatic carbocycles. The van der Waals surface area contributed by atoms with Crippen LogP contribution in [0.15, 0.2) is 0 Å². The van der Waals surface area contributed by atoms with Crippen LogP contribution >= 0.6 is 15.9 Å². The van der Waals surface area contributed by atoms with E-state index in [1.807, 2.05) is 0 Å². The largest absolute Gasteiger partial charge is 0.350 e. The van der Waals surface area contributed by atoms with Crippen LogP contribution in [0.25, 0.3) is 0 Å². The molecule has 84 valence electrons.